The van der Waals surface area contributed by atoms with Gasteiger partial charge < -0.3 is 5.32 Å². The lowest BCUT2D eigenvalue weighted by Gasteiger charge is -2.05. The largest absolute Gasteiger partial charge is 0.322 e. The van der Waals surface area contributed by atoms with Gasteiger partial charge >= 0.3 is 0 Å². The van der Waals surface area contributed by atoms with Crippen LogP contribution in [0.3, 0.4) is 0 Å². The fraction of sp³-hybridized carbons (Fsp3) is 0. The van der Waals surface area contributed by atoms with Gasteiger partial charge in [0, 0.05) is 15.3 Å². The number of nitro groups is 1. The van der Waals surface area contributed by atoms with E-state index in [4.69, 9.17) is 0 Å². The van der Waals surface area contributed by atoms with E-state index in [9.17, 15) is 14.9 Å². The zero-order valence-corrected chi connectivity index (χ0v) is 11.8. The van der Waals surface area contributed by atoms with Gasteiger partial charge in [-0.2, -0.15) is 0 Å². The molecule has 1 N–H and O–H groups in total. The van der Waals surface area contributed by atoms with Gasteiger partial charge in [0.2, 0.25) is 0 Å². The molecule has 0 unspecified atom stereocenters. The molecule has 0 aromatic heterocycles. The third-order valence-corrected chi connectivity index (χ3v) is 3.10. The van der Waals surface area contributed by atoms with Crippen LogP contribution in [0.5, 0.6) is 0 Å². The quantitative estimate of drug-likeness (QED) is 0.513. The normalized spacial score (nSPS) is 9.95. The molecule has 0 aliphatic heterocycles. The van der Waals surface area contributed by atoms with Gasteiger partial charge in [-0.15, -0.1) is 0 Å². The topological polar surface area (TPSA) is 72.2 Å². The highest BCUT2D eigenvalue weighted by Crippen LogP contribution is 2.22. The van der Waals surface area contributed by atoms with Crippen LogP contribution >= 0.6 is 22.6 Å². The molecule has 0 radical (unpaired) electrons. The average molecular weight is 368 g/mol. The van der Waals surface area contributed by atoms with Crippen LogP contribution in [0.15, 0.2) is 48.5 Å². The number of nitrogens with one attached hydrogen (secondary N) is 1. The highest BCUT2D eigenvalue weighted by Gasteiger charge is 2.20. The van der Waals surface area contributed by atoms with Gasteiger partial charge in [0.1, 0.15) is 5.56 Å². The molecule has 96 valence electrons. The van der Waals surface area contributed by atoms with Gasteiger partial charge in [0.05, 0.1) is 4.92 Å². The molecular weight excluding hydrogens is 359 g/mol. The molecule has 1 amide bonds. The van der Waals surface area contributed by atoms with Crippen LogP contribution in [0, 0.1) is 13.7 Å². The summed E-state index contributed by atoms with van der Waals surface area (Å²) in [7, 11) is 0. The van der Waals surface area contributed by atoms with Crippen LogP contribution in [-0.4, -0.2) is 10.8 Å². The molecule has 0 saturated heterocycles. The summed E-state index contributed by atoms with van der Waals surface area (Å²) in [4.78, 5) is 22.4. The Morgan fingerprint density at radius 1 is 1.16 bits per heavy atom. The maximum absolute atomic E-state index is 12.0. The first-order valence-electron chi connectivity index (χ1n) is 5.38. The number of nitrogens with zero attached hydrogens (tertiary/aromatic N) is 1. The van der Waals surface area contributed by atoms with E-state index in [1.165, 1.54) is 12.1 Å². The molecule has 0 spiro atoms. The Morgan fingerprint density at radius 2 is 1.84 bits per heavy atom. The summed E-state index contributed by atoms with van der Waals surface area (Å²) in [5.41, 5.74) is 0.454. The van der Waals surface area contributed by atoms with Gasteiger partial charge in [-0.3, -0.25) is 14.9 Å². The summed E-state index contributed by atoms with van der Waals surface area (Å²) < 4.78 is 0.709. The number of hydrogen-bond acceptors (Lipinski definition) is 3. The molecule has 0 atom stereocenters. The number of nitro benzene ring substituents is 1. The number of amides is 1. The van der Waals surface area contributed by atoms with Crippen molar-refractivity contribution in [2.45, 2.75) is 0 Å². The maximum atomic E-state index is 12.0. The van der Waals surface area contributed by atoms with E-state index in [0.717, 1.165) is 0 Å². The lowest BCUT2D eigenvalue weighted by Crippen LogP contribution is -2.14. The van der Waals surface area contributed by atoms with Crippen molar-refractivity contribution in [2.24, 2.45) is 0 Å². The third kappa shape index (κ3) is 3.28. The first kappa shape index (κ1) is 13.5. The van der Waals surface area contributed by atoms with E-state index in [1.54, 1.807) is 30.3 Å². The number of carbonyl (C=O) groups excluding carboxylic acids is 1. The molecule has 0 heterocycles. The molecule has 2 aromatic rings. The fourth-order valence-corrected chi connectivity index (χ4v) is 2.04. The van der Waals surface area contributed by atoms with Crippen molar-refractivity contribution in [3.8, 4) is 0 Å². The van der Waals surface area contributed by atoms with Gasteiger partial charge in [0.25, 0.3) is 11.6 Å². The second kappa shape index (κ2) is 5.79. The van der Waals surface area contributed by atoms with Crippen LogP contribution in [0.1, 0.15) is 10.4 Å². The molecule has 0 fully saturated rings. The SMILES string of the molecule is O=C(Nc1ccccc1)c1ccc(I)cc1[N+](=O)[O-]. The molecule has 0 saturated carbocycles. The highest BCUT2D eigenvalue weighted by atomic mass is 127. The number of hydrogen-bond donors (Lipinski definition) is 1. The molecule has 0 aliphatic rings. The first-order valence-corrected chi connectivity index (χ1v) is 6.46. The second-order valence-electron chi connectivity index (χ2n) is 3.74. The molecule has 5 nitrogen and oxygen atoms in total. The summed E-state index contributed by atoms with van der Waals surface area (Å²) in [6.45, 7) is 0. The smallest absolute Gasteiger partial charge is 0.283 e. The zero-order chi connectivity index (χ0) is 13.8. The number of benzene rings is 2. The van der Waals surface area contributed by atoms with Crippen LogP contribution in [0.25, 0.3) is 0 Å². The Morgan fingerprint density at radius 3 is 2.47 bits per heavy atom. The average Bonchev–Trinajstić information content (AvgIpc) is 2.39. The van der Waals surface area contributed by atoms with E-state index < -0.39 is 10.8 Å². The highest BCUT2D eigenvalue weighted by molar-refractivity contribution is 14.1. The number of rotatable bonds is 3. The van der Waals surface area contributed by atoms with Crippen molar-refractivity contribution in [3.05, 3.63) is 67.8 Å². The Balaban J connectivity index is 2.31. The first-order chi connectivity index (χ1) is 9.08. The van der Waals surface area contributed by atoms with Gasteiger partial charge in [-0.25, -0.2) is 0 Å². The van der Waals surface area contributed by atoms with Gasteiger partial charge in [0.15, 0.2) is 0 Å². The van der Waals surface area contributed by atoms with Gasteiger partial charge in [-0.1, -0.05) is 18.2 Å². The van der Waals surface area contributed by atoms with Crippen LogP contribution in [0.2, 0.25) is 0 Å². The van der Waals surface area contributed by atoms with E-state index in [0.29, 0.717) is 9.26 Å². The molecule has 0 bridgehead atoms. The van der Waals surface area contributed by atoms with Crippen molar-refractivity contribution in [1.29, 1.82) is 0 Å². The zero-order valence-electron chi connectivity index (χ0n) is 9.67. The van der Waals surface area contributed by atoms with Crippen molar-refractivity contribution in [3.63, 3.8) is 0 Å². The van der Waals surface area contributed by atoms with Crippen LogP contribution in [0.4, 0.5) is 11.4 Å². The summed E-state index contributed by atoms with van der Waals surface area (Å²) in [6.07, 6.45) is 0. The maximum Gasteiger partial charge on any atom is 0.283 e. The summed E-state index contributed by atoms with van der Waals surface area (Å²) in [5.74, 6) is -0.491. The van der Waals surface area contributed by atoms with Crippen LogP contribution in [-0.2, 0) is 0 Å². The molecule has 2 aromatic carbocycles. The van der Waals surface area contributed by atoms with E-state index >= 15 is 0 Å². The van der Waals surface area contributed by atoms with Gasteiger partial charge in [-0.05, 0) is 46.9 Å². The lowest BCUT2D eigenvalue weighted by molar-refractivity contribution is -0.385. The number of halogens is 1. The Labute approximate surface area is 122 Å². The minimum atomic E-state index is -0.554. The number of para-hydroxylation sites is 1. The second-order valence-corrected chi connectivity index (χ2v) is 4.98. The molecule has 2 rings (SSSR count). The van der Waals surface area contributed by atoms with E-state index in [1.807, 2.05) is 28.7 Å². The van der Waals surface area contributed by atoms with Crippen molar-refractivity contribution in [1.82, 2.24) is 0 Å². The predicted molar refractivity (Wildman–Crippen MR) is 80.2 cm³/mol. The number of anilines is 1. The molecular formula is C13H9IN2O3. The monoisotopic (exact) mass is 368 g/mol. The molecule has 0 aliphatic carbocycles. The molecule has 19 heavy (non-hydrogen) atoms. The minimum absolute atomic E-state index is 0.0502. The Kier molecular flexibility index (Phi) is 4.10. The Hall–Kier alpha value is -1.96. The van der Waals surface area contributed by atoms with E-state index in [2.05, 4.69) is 5.32 Å². The summed E-state index contributed by atoms with van der Waals surface area (Å²) in [5, 5.41) is 13.6. The predicted octanol–water partition coefficient (Wildman–Crippen LogP) is 3.45. The van der Waals surface area contributed by atoms with Crippen molar-refractivity contribution in [2.75, 3.05) is 5.32 Å². The lowest BCUT2D eigenvalue weighted by atomic mass is 10.1. The summed E-state index contributed by atoms with van der Waals surface area (Å²) >= 11 is 1.97. The minimum Gasteiger partial charge on any atom is -0.322 e. The van der Waals surface area contributed by atoms with Crippen molar-refractivity contribution < 1.29 is 9.72 Å². The molecule has 6 heteroatoms. The van der Waals surface area contributed by atoms with Crippen molar-refractivity contribution >= 4 is 39.9 Å². The third-order valence-electron chi connectivity index (χ3n) is 2.43. The Bertz CT molecular complexity index is 629. The standard InChI is InChI=1S/C13H9IN2O3/c14-9-6-7-11(12(8-9)16(18)19)13(17)15-10-4-2-1-3-5-10/h1-8H,(H,15,17). The summed E-state index contributed by atoms with van der Waals surface area (Å²) in [6, 6.07) is 13.3. The van der Waals surface area contributed by atoms with Crippen LogP contribution < -0.4 is 5.32 Å². The fourth-order valence-electron chi connectivity index (χ4n) is 1.57. The van der Waals surface area contributed by atoms with E-state index in [-0.39, 0.29) is 11.3 Å². The number of carbonyl (C=O) groups is 1.